The normalized spacial score (nSPS) is 11.9. The van der Waals surface area contributed by atoms with Crippen LogP contribution in [0.25, 0.3) is 0 Å². The molecule has 1 aromatic carbocycles. The largest absolute Gasteiger partial charge is 0.416 e. The number of alkyl halides is 3. The molecule has 0 bridgehead atoms. The molecule has 0 aliphatic heterocycles. The summed E-state index contributed by atoms with van der Waals surface area (Å²) in [6.45, 7) is 10.5. The molecule has 0 saturated carbocycles. The second-order valence-electron chi connectivity index (χ2n) is 7.07. The summed E-state index contributed by atoms with van der Waals surface area (Å²) in [7, 11) is 0. The van der Waals surface area contributed by atoms with Crippen LogP contribution in [0.5, 0.6) is 0 Å². The number of hydrogen-bond acceptors (Lipinski definition) is 1. The molecule has 1 N–H and O–H groups in total. The molecule has 142 valence electrons. The second-order valence-corrected chi connectivity index (χ2v) is 7.07. The maximum atomic E-state index is 13.0. The summed E-state index contributed by atoms with van der Waals surface area (Å²) in [5.74, 6) is 0.118. The fraction of sp³-hybridized carbons (Fsp3) is 0.450. The van der Waals surface area contributed by atoms with Crippen molar-refractivity contribution < 1.29 is 18.0 Å². The Bertz CT molecular complexity index is 804. The maximum Gasteiger partial charge on any atom is 0.416 e. The summed E-state index contributed by atoms with van der Waals surface area (Å²) >= 11 is 0. The lowest BCUT2D eigenvalue weighted by atomic mass is 10.1. The highest BCUT2D eigenvalue weighted by atomic mass is 19.4. The Labute approximate surface area is 152 Å². The third-order valence-corrected chi connectivity index (χ3v) is 4.62. The highest BCUT2D eigenvalue weighted by Gasteiger charge is 2.30. The van der Waals surface area contributed by atoms with Gasteiger partial charge in [0.05, 0.1) is 5.56 Å². The van der Waals surface area contributed by atoms with Crippen LogP contribution in [0.1, 0.15) is 52.3 Å². The van der Waals surface area contributed by atoms with Gasteiger partial charge in [0.25, 0.3) is 5.91 Å². The highest BCUT2D eigenvalue weighted by molar-refractivity contribution is 5.95. The topological polar surface area (TPSA) is 34.0 Å². The first kappa shape index (κ1) is 20.1. The van der Waals surface area contributed by atoms with Gasteiger partial charge in [-0.1, -0.05) is 26.0 Å². The summed E-state index contributed by atoms with van der Waals surface area (Å²) < 4.78 is 40.7. The Morgan fingerprint density at radius 1 is 1.15 bits per heavy atom. The van der Waals surface area contributed by atoms with Crippen molar-refractivity contribution in [2.45, 2.75) is 47.3 Å². The van der Waals surface area contributed by atoms with Gasteiger partial charge in [-0.2, -0.15) is 13.2 Å². The van der Waals surface area contributed by atoms with Crippen molar-refractivity contribution in [3.63, 3.8) is 0 Å². The first-order chi connectivity index (χ1) is 12.0. The Hall–Kier alpha value is -2.24. The number of carbonyl (C=O) groups excluding carboxylic acids is 1. The Morgan fingerprint density at radius 3 is 2.38 bits per heavy atom. The van der Waals surface area contributed by atoms with Crippen molar-refractivity contribution in [1.29, 1.82) is 0 Å². The van der Waals surface area contributed by atoms with E-state index < -0.39 is 11.7 Å². The predicted molar refractivity (Wildman–Crippen MR) is 96.4 cm³/mol. The van der Waals surface area contributed by atoms with Gasteiger partial charge in [-0.25, -0.2) is 0 Å². The van der Waals surface area contributed by atoms with Gasteiger partial charge in [0.1, 0.15) is 5.69 Å². The van der Waals surface area contributed by atoms with Crippen LogP contribution < -0.4 is 5.32 Å². The molecule has 0 saturated heterocycles. The quantitative estimate of drug-likeness (QED) is 0.805. The molecular weight excluding hydrogens is 341 g/mol. The van der Waals surface area contributed by atoms with E-state index >= 15 is 0 Å². The smallest absolute Gasteiger partial charge is 0.350 e. The van der Waals surface area contributed by atoms with E-state index in [-0.39, 0.29) is 12.5 Å². The zero-order chi connectivity index (χ0) is 19.6. The summed E-state index contributed by atoms with van der Waals surface area (Å²) in [5.41, 5.74) is 3.06. The number of rotatable bonds is 5. The molecule has 1 amide bonds. The third kappa shape index (κ3) is 4.29. The van der Waals surface area contributed by atoms with E-state index in [9.17, 15) is 18.0 Å². The summed E-state index contributed by atoms with van der Waals surface area (Å²) in [6.07, 6.45) is -4.38. The van der Waals surface area contributed by atoms with Gasteiger partial charge in [0.15, 0.2) is 0 Å². The van der Waals surface area contributed by atoms with Crippen LogP contribution in [0.4, 0.5) is 13.2 Å². The third-order valence-electron chi connectivity index (χ3n) is 4.62. The lowest BCUT2D eigenvalue weighted by molar-refractivity contribution is -0.137. The van der Waals surface area contributed by atoms with E-state index in [2.05, 4.69) is 5.32 Å². The number of nitrogens with zero attached hydrogens (tertiary/aromatic N) is 1. The van der Waals surface area contributed by atoms with E-state index in [0.29, 0.717) is 23.7 Å². The summed E-state index contributed by atoms with van der Waals surface area (Å²) in [6, 6.07) is 5.24. The molecule has 1 heterocycles. The van der Waals surface area contributed by atoms with Crippen LogP contribution in [0.2, 0.25) is 0 Å². The molecule has 26 heavy (non-hydrogen) atoms. The van der Waals surface area contributed by atoms with E-state index in [0.717, 1.165) is 29.0 Å². The molecule has 0 radical (unpaired) electrons. The van der Waals surface area contributed by atoms with Crippen molar-refractivity contribution in [3.8, 4) is 0 Å². The Morgan fingerprint density at radius 2 is 1.81 bits per heavy atom. The summed E-state index contributed by atoms with van der Waals surface area (Å²) in [4.78, 5) is 12.7. The molecule has 0 aliphatic carbocycles. The van der Waals surface area contributed by atoms with Gasteiger partial charge >= 0.3 is 6.18 Å². The van der Waals surface area contributed by atoms with E-state index in [4.69, 9.17) is 0 Å². The van der Waals surface area contributed by atoms with Gasteiger partial charge < -0.3 is 9.88 Å². The monoisotopic (exact) mass is 366 g/mol. The molecule has 0 fully saturated rings. The van der Waals surface area contributed by atoms with Crippen LogP contribution in [0, 0.1) is 26.7 Å². The van der Waals surface area contributed by atoms with Crippen molar-refractivity contribution in [2.24, 2.45) is 5.92 Å². The minimum Gasteiger partial charge on any atom is -0.350 e. The number of nitrogens with one attached hydrogen (secondary N) is 1. The molecule has 3 nitrogen and oxygen atoms in total. The maximum absolute atomic E-state index is 13.0. The zero-order valence-electron chi connectivity index (χ0n) is 15.8. The van der Waals surface area contributed by atoms with Crippen LogP contribution >= 0.6 is 0 Å². The summed E-state index contributed by atoms with van der Waals surface area (Å²) in [5, 5.41) is 2.90. The van der Waals surface area contributed by atoms with Gasteiger partial charge in [0, 0.05) is 18.8 Å². The minimum absolute atomic E-state index is 0.195. The minimum atomic E-state index is -4.38. The van der Waals surface area contributed by atoms with Crippen molar-refractivity contribution >= 4 is 5.91 Å². The fourth-order valence-corrected chi connectivity index (χ4v) is 2.92. The molecule has 1 aromatic heterocycles. The van der Waals surface area contributed by atoms with E-state index in [1.807, 2.05) is 34.6 Å². The number of amides is 1. The van der Waals surface area contributed by atoms with Gasteiger partial charge in [-0.05, 0) is 55.5 Å². The second kappa shape index (κ2) is 7.56. The molecule has 2 rings (SSSR count). The number of halogens is 3. The molecule has 0 aliphatic rings. The molecule has 0 unspecified atom stereocenters. The first-order valence-corrected chi connectivity index (χ1v) is 8.63. The first-order valence-electron chi connectivity index (χ1n) is 8.63. The number of hydrogen-bond donors (Lipinski definition) is 1. The number of carbonyl (C=O) groups is 1. The molecule has 0 spiro atoms. The van der Waals surface area contributed by atoms with Crippen LogP contribution in [0.15, 0.2) is 24.3 Å². The fourth-order valence-electron chi connectivity index (χ4n) is 2.92. The molecule has 2 aromatic rings. The van der Waals surface area contributed by atoms with E-state index in [1.165, 1.54) is 6.07 Å². The molecule has 0 atom stereocenters. The lowest BCUT2D eigenvalue weighted by Crippen LogP contribution is -2.30. The van der Waals surface area contributed by atoms with Crippen LogP contribution in [0.3, 0.4) is 0 Å². The Balaban J connectivity index is 2.41. The standard InChI is InChI=1S/C20H25F3N2O/c1-12(2)10-24-19(26)18-14(4)13(3)15(5)25(18)11-16-7-6-8-17(9-16)20(21,22)23/h6-9,12H,10-11H2,1-5H3,(H,24,26). The van der Waals surface area contributed by atoms with Crippen molar-refractivity contribution in [2.75, 3.05) is 6.54 Å². The van der Waals surface area contributed by atoms with Crippen molar-refractivity contribution in [3.05, 3.63) is 57.9 Å². The van der Waals surface area contributed by atoms with Gasteiger partial charge in [-0.3, -0.25) is 4.79 Å². The average Bonchev–Trinajstić information content (AvgIpc) is 2.76. The van der Waals surface area contributed by atoms with E-state index in [1.54, 1.807) is 10.6 Å². The lowest BCUT2D eigenvalue weighted by Gasteiger charge is -2.15. The zero-order valence-corrected chi connectivity index (χ0v) is 15.8. The van der Waals surface area contributed by atoms with Gasteiger partial charge in [-0.15, -0.1) is 0 Å². The predicted octanol–water partition coefficient (Wildman–Crippen LogP) is 4.87. The molecular formula is C20H25F3N2O. The van der Waals surface area contributed by atoms with Crippen LogP contribution in [-0.2, 0) is 12.7 Å². The van der Waals surface area contributed by atoms with Crippen molar-refractivity contribution in [1.82, 2.24) is 9.88 Å². The van der Waals surface area contributed by atoms with Gasteiger partial charge in [0.2, 0.25) is 0 Å². The number of benzene rings is 1. The number of aromatic nitrogens is 1. The Kier molecular flexibility index (Phi) is 5.84. The highest BCUT2D eigenvalue weighted by Crippen LogP contribution is 2.30. The molecule has 6 heteroatoms. The average molecular weight is 366 g/mol. The SMILES string of the molecule is Cc1c(C)c(C(=O)NCC(C)C)n(Cc2cccc(C(F)(F)F)c2)c1C. The van der Waals surface area contributed by atoms with Crippen LogP contribution in [-0.4, -0.2) is 17.0 Å².